The van der Waals surface area contributed by atoms with Crippen molar-refractivity contribution in [2.24, 2.45) is 0 Å². The zero-order valence-corrected chi connectivity index (χ0v) is 13.7. The summed E-state index contributed by atoms with van der Waals surface area (Å²) in [6.45, 7) is -0.0420. The van der Waals surface area contributed by atoms with Gasteiger partial charge in [0.2, 0.25) is 6.54 Å². The van der Waals surface area contributed by atoms with E-state index in [4.69, 9.17) is 14.6 Å². The Morgan fingerprint density at radius 1 is 1.04 bits per heavy atom. The average molecular weight is 336 g/mol. The van der Waals surface area contributed by atoms with Gasteiger partial charge in [-0.05, 0) is 23.3 Å². The fraction of sp³-hybridized carbons (Fsp3) is 0.176. The molecule has 0 unspecified atom stereocenters. The van der Waals surface area contributed by atoms with Gasteiger partial charge < -0.3 is 27.0 Å². The molecule has 0 fully saturated rings. The van der Waals surface area contributed by atoms with Crippen molar-refractivity contribution in [3.05, 3.63) is 53.9 Å². The van der Waals surface area contributed by atoms with Crippen LogP contribution < -0.4 is 26.4 Å². The van der Waals surface area contributed by atoms with Gasteiger partial charge in [0.1, 0.15) is 0 Å². The number of hydrogen-bond donors (Lipinski definition) is 1. The summed E-state index contributed by atoms with van der Waals surface area (Å²) in [6, 6.07) is 9.40. The molecule has 2 rings (SSSR count). The first-order valence-corrected chi connectivity index (χ1v) is 6.73. The molecular formula is C17H18ClNO4. The summed E-state index contributed by atoms with van der Waals surface area (Å²) in [5.41, 5.74) is 1.97. The molecule has 1 N–H and O–H groups in total. The quantitative estimate of drug-likeness (QED) is 0.706. The average Bonchev–Trinajstić information content (AvgIpc) is 2.53. The standard InChI is InChI=1S/C17H17NO4.ClH/c1-21-15-6-5-14(11-16(15)22-2)4-3-13-7-9-18(10-8-13)12-17(19)20;/h3-11H,12H2,1-2H3;1H/b4-3-;. The van der Waals surface area contributed by atoms with E-state index in [1.807, 2.05) is 42.5 Å². The highest BCUT2D eigenvalue weighted by molar-refractivity contribution is 5.70. The van der Waals surface area contributed by atoms with Crippen molar-refractivity contribution in [1.29, 1.82) is 0 Å². The Morgan fingerprint density at radius 3 is 2.22 bits per heavy atom. The third-order valence-electron chi connectivity index (χ3n) is 3.11. The second-order valence-corrected chi connectivity index (χ2v) is 4.65. The number of nitrogens with zero attached hydrogens (tertiary/aromatic N) is 1. The molecule has 0 spiro atoms. The van der Waals surface area contributed by atoms with E-state index in [2.05, 4.69) is 0 Å². The Bertz CT molecular complexity index is 683. The van der Waals surface area contributed by atoms with E-state index < -0.39 is 5.97 Å². The van der Waals surface area contributed by atoms with Gasteiger partial charge in [0, 0.05) is 12.1 Å². The highest BCUT2D eigenvalue weighted by Gasteiger charge is 2.06. The van der Waals surface area contributed by atoms with E-state index in [0.29, 0.717) is 11.5 Å². The van der Waals surface area contributed by atoms with Gasteiger partial charge in [-0.1, -0.05) is 18.2 Å². The highest BCUT2D eigenvalue weighted by Crippen LogP contribution is 2.28. The first kappa shape index (κ1) is 18.5. The first-order valence-electron chi connectivity index (χ1n) is 6.73. The largest absolute Gasteiger partial charge is 1.00 e. The molecule has 0 bridgehead atoms. The van der Waals surface area contributed by atoms with E-state index in [-0.39, 0.29) is 19.0 Å². The number of hydrogen-bond acceptors (Lipinski definition) is 3. The molecule has 0 saturated heterocycles. The van der Waals surface area contributed by atoms with Gasteiger partial charge in [0.05, 0.1) is 14.2 Å². The minimum atomic E-state index is -0.862. The van der Waals surface area contributed by atoms with Gasteiger partial charge in [-0.2, -0.15) is 4.57 Å². The number of aromatic nitrogens is 1. The minimum absolute atomic E-state index is 0. The molecule has 1 heterocycles. The van der Waals surface area contributed by atoms with Crippen LogP contribution in [0, 0.1) is 0 Å². The maximum absolute atomic E-state index is 10.6. The maximum Gasteiger partial charge on any atom is 0.370 e. The predicted octanol–water partition coefficient (Wildman–Crippen LogP) is -0.750. The summed E-state index contributed by atoms with van der Waals surface area (Å²) >= 11 is 0. The Kier molecular flexibility index (Phi) is 7.09. The second-order valence-electron chi connectivity index (χ2n) is 4.65. The molecule has 0 aliphatic carbocycles. The van der Waals surface area contributed by atoms with Crippen molar-refractivity contribution in [1.82, 2.24) is 0 Å². The van der Waals surface area contributed by atoms with Crippen LogP contribution in [0.4, 0.5) is 0 Å². The summed E-state index contributed by atoms with van der Waals surface area (Å²) in [6.07, 6.45) is 7.38. The van der Waals surface area contributed by atoms with Gasteiger partial charge in [-0.25, -0.2) is 4.79 Å². The van der Waals surface area contributed by atoms with Crippen LogP contribution in [0.5, 0.6) is 11.5 Å². The fourth-order valence-electron chi connectivity index (χ4n) is 1.99. The van der Waals surface area contributed by atoms with Crippen LogP contribution in [0.25, 0.3) is 12.2 Å². The van der Waals surface area contributed by atoms with Crippen LogP contribution in [0.3, 0.4) is 0 Å². The fourth-order valence-corrected chi connectivity index (χ4v) is 1.99. The number of carboxylic acid groups (broad SMARTS) is 1. The van der Waals surface area contributed by atoms with Crippen molar-refractivity contribution in [2.75, 3.05) is 14.2 Å². The number of methoxy groups -OCH3 is 2. The third kappa shape index (κ3) is 5.30. The lowest BCUT2D eigenvalue weighted by Crippen LogP contribution is -3.00. The van der Waals surface area contributed by atoms with E-state index in [9.17, 15) is 4.79 Å². The van der Waals surface area contributed by atoms with Gasteiger partial charge in [0.25, 0.3) is 0 Å². The molecule has 6 heteroatoms. The Hall–Kier alpha value is -2.53. The SMILES string of the molecule is COc1ccc(/C=C\c2cc[n+](CC(=O)O)cc2)cc1OC.[Cl-]. The molecule has 122 valence electrons. The molecule has 0 amide bonds. The van der Waals surface area contributed by atoms with E-state index in [1.165, 1.54) is 0 Å². The summed E-state index contributed by atoms with van der Waals surface area (Å²) in [5, 5.41) is 8.72. The van der Waals surface area contributed by atoms with Gasteiger partial charge in [-0.3, -0.25) is 0 Å². The van der Waals surface area contributed by atoms with Crippen molar-refractivity contribution in [3.63, 3.8) is 0 Å². The highest BCUT2D eigenvalue weighted by atomic mass is 35.5. The number of aliphatic carboxylic acids is 1. The maximum atomic E-state index is 10.6. The van der Waals surface area contributed by atoms with Crippen LogP contribution in [0.15, 0.2) is 42.7 Å². The molecule has 0 radical (unpaired) electrons. The molecule has 2 aromatic rings. The molecule has 1 aromatic heterocycles. The molecular weight excluding hydrogens is 318 g/mol. The lowest BCUT2D eigenvalue weighted by Gasteiger charge is -2.07. The van der Waals surface area contributed by atoms with Crippen LogP contribution >= 0.6 is 0 Å². The van der Waals surface area contributed by atoms with Crippen LogP contribution in [0.2, 0.25) is 0 Å². The van der Waals surface area contributed by atoms with E-state index in [0.717, 1.165) is 11.1 Å². The van der Waals surface area contributed by atoms with Crippen molar-refractivity contribution in [3.8, 4) is 11.5 Å². The third-order valence-corrected chi connectivity index (χ3v) is 3.11. The lowest BCUT2D eigenvalue weighted by atomic mass is 10.1. The summed E-state index contributed by atoms with van der Waals surface area (Å²) in [5.74, 6) is 0.504. The molecule has 0 atom stereocenters. The normalized spacial score (nSPS) is 10.2. The van der Waals surface area contributed by atoms with Gasteiger partial charge >= 0.3 is 5.97 Å². The van der Waals surface area contributed by atoms with E-state index >= 15 is 0 Å². The summed E-state index contributed by atoms with van der Waals surface area (Å²) < 4.78 is 12.1. The van der Waals surface area contributed by atoms with Crippen molar-refractivity contribution >= 4 is 18.1 Å². The van der Waals surface area contributed by atoms with E-state index in [1.54, 1.807) is 31.2 Å². The van der Waals surface area contributed by atoms with Crippen molar-refractivity contribution in [2.45, 2.75) is 6.54 Å². The number of carboxylic acids is 1. The molecule has 0 aliphatic rings. The molecule has 0 aliphatic heterocycles. The number of benzene rings is 1. The summed E-state index contributed by atoms with van der Waals surface area (Å²) in [7, 11) is 3.20. The second kappa shape index (κ2) is 8.80. The summed E-state index contributed by atoms with van der Waals surface area (Å²) in [4.78, 5) is 10.6. The predicted molar refractivity (Wildman–Crippen MR) is 82.7 cm³/mol. The number of rotatable bonds is 6. The molecule has 1 aromatic carbocycles. The Balaban J connectivity index is 0.00000264. The number of ether oxygens (including phenoxy) is 2. The van der Waals surface area contributed by atoms with Crippen LogP contribution in [-0.2, 0) is 11.3 Å². The minimum Gasteiger partial charge on any atom is -1.00 e. The Morgan fingerprint density at radius 2 is 1.65 bits per heavy atom. The zero-order chi connectivity index (χ0) is 15.9. The lowest BCUT2D eigenvalue weighted by molar-refractivity contribution is -0.685. The number of carbonyl (C=O) groups is 1. The van der Waals surface area contributed by atoms with Crippen molar-refractivity contribution < 1.29 is 36.3 Å². The smallest absolute Gasteiger partial charge is 0.370 e. The molecule has 5 nitrogen and oxygen atoms in total. The van der Waals surface area contributed by atoms with Crippen LogP contribution in [-0.4, -0.2) is 25.3 Å². The van der Waals surface area contributed by atoms with Gasteiger partial charge in [-0.15, -0.1) is 0 Å². The van der Waals surface area contributed by atoms with Crippen LogP contribution in [0.1, 0.15) is 11.1 Å². The topological polar surface area (TPSA) is 59.6 Å². The monoisotopic (exact) mass is 335 g/mol. The first-order chi connectivity index (χ1) is 10.6. The molecule has 0 saturated carbocycles. The Labute approximate surface area is 141 Å². The van der Waals surface area contributed by atoms with Gasteiger partial charge in [0.15, 0.2) is 23.9 Å². The number of pyridine rings is 1. The number of halogens is 1. The zero-order valence-electron chi connectivity index (χ0n) is 12.9. The molecule has 23 heavy (non-hydrogen) atoms.